The van der Waals surface area contributed by atoms with E-state index in [0.29, 0.717) is 22.3 Å². The summed E-state index contributed by atoms with van der Waals surface area (Å²) in [6, 6.07) is 5.48. The summed E-state index contributed by atoms with van der Waals surface area (Å²) in [5.41, 5.74) is 0.928. The largest absolute Gasteiger partial charge is 0.493 e. The summed E-state index contributed by atoms with van der Waals surface area (Å²) < 4.78 is 23.9. The van der Waals surface area contributed by atoms with E-state index in [1.807, 2.05) is 34.7 Å². The van der Waals surface area contributed by atoms with Gasteiger partial charge in [-0.2, -0.15) is 0 Å². The summed E-state index contributed by atoms with van der Waals surface area (Å²) in [7, 11) is 3.16. The summed E-state index contributed by atoms with van der Waals surface area (Å²) in [4.78, 5) is 0. The van der Waals surface area contributed by atoms with E-state index in [0.717, 1.165) is 5.56 Å². The highest BCUT2D eigenvalue weighted by molar-refractivity contribution is 14.1. The molecule has 0 radical (unpaired) electrons. The van der Waals surface area contributed by atoms with Crippen LogP contribution in [-0.4, -0.2) is 24.8 Å². The summed E-state index contributed by atoms with van der Waals surface area (Å²) in [6.07, 6.45) is -0.382. The number of ether oxygens (including phenoxy) is 2. The van der Waals surface area contributed by atoms with Crippen molar-refractivity contribution >= 4 is 22.6 Å². The molecule has 1 rings (SSSR count). The van der Waals surface area contributed by atoms with E-state index in [4.69, 9.17) is 9.47 Å². The minimum absolute atomic E-state index is 0.420. The average molecular weight is 324 g/mol. The molecule has 4 heteroatoms. The maximum absolute atomic E-state index is 13.2. The molecular weight excluding hydrogens is 310 g/mol. The van der Waals surface area contributed by atoms with E-state index in [2.05, 4.69) is 0 Å². The third-order valence-electron chi connectivity index (χ3n) is 2.07. The van der Waals surface area contributed by atoms with Gasteiger partial charge >= 0.3 is 0 Å². The minimum atomic E-state index is -0.802. The first-order chi connectivity index (χ1) is 7.21. The summed E-state index contributed by atoms with van der Waals surface area (Å²) in [6.45, 7) is 0. The second-order valence-corrected chi connectivity index (χ2v) is 4.03. The summed E-state index contributed by atoms with van der Waals surface area (Å²) in [5.74, 6) is 1.32. The number of halogens is 2. The Kier molecular flexibility index (Phi) is 5.14. The van der Waals surface area contributed by atoms with E-state index in [9.17, 15) is 4.39 Å². The monoisotopic (exact) mass is 324 g/mol. The molecule has 0 N–H and O–H groups in total. The van der Waals surface area contributed by atoms with Crippen LogP contribution in [0.15, 0.2) is 18.2 Å². The Bertz CT molecular complexity index is 317. The highest BCUT2D eigenvalue weighted by Crippen LogP contribution is 2.28. The number of hydrogen-bond acceptors (Lipinski definition) is 2. The molecule has 0 heterocycles. The second-order valence-electron chi connectivity index (χ2n) is 3.15. The number of hydrogen-bond donors (Lipinski definition) is 0. The molecule has 0 saturated heterocycles. The van der Waals surface area contributed by atoms with Gasteiger partial charge in [-0.1, -0.05) is 28.7 Å². The van der Waals surface area contributed by atoms with Crippen molar-refractivity contribution in [1.29, 1.82) is 0 Å². The van der Waals surface area contributed by atoms with Gasteiger partial charge in [0.2, 0.25) is 0 Å². The molecule has 2 nitrogen and oxygen atoms in total. The molecule has 15 heavy (non-hydrogen) atoms. The van der Waals surface area contributed by atoms with Crippen LogP contribution in [0.2, 0.25) is 0 Å². The fourth-order valence-corrected chi connectivity index (χ4v) is 1.63. The van der Waals surface area contributed by atoms with Crippen molar-refractivity contribution in [3.63, 3.8) is 0 Å². The molecule has 1 unspecified atom stereocenters. The molecule has 0 aliphatic rings. The second kappa shape index (κ2) is 6.15. The molecule has 0 amide bonds. The fourth-order valence-electron chi connectivity index (χ4n) is 1.32. The molecule has 0 aromatic heterocycles. The van der Waals surface area contributed by atoms with Crippen molar-refractivity contribution in [3.8, 4) is 11.5 Å². The first-order valence-electron chi connectivity index (χ1n) is 4.62. The Hall–Kier alpha value is -0.520. The molecule has 0 fully saturated rings. The van der Waals surface area contributed by atoms with Gasteiger partial charge in [-0.25, -0.2) is 4.39 Å². The Labute approximate surface area is 103 Å². The van der Waals surface area contributed by atoms with Gasteiger partial charge in [0.05, 0.1) is 14.2 Å². The van der Waals surface area contributed by atoms with Crippen molar-refractivity contribution in [3.05, 3.63) is 23.8 Å². The van der Waals surface area contributed by atoms with Crippen LogP contribution in [0.4, 0.5) is 4.39 Å². The molecule has 1 aromatic rings. The van der Waals surface area contributed by atoms with Crippen LogP contribution in [0.25, 0.3) is 0 Å². The normalized spacial score (nSPS) is 12.3. The van der Waals surface area contributed by atoms with Gasteiger partial charge in [0.25, 0.3) is 0 Å². The highest BCUT2D eigenvalue weighted by atomic mass is 127. The molecule has 0 aliphatic carbocycles. The van der Waals surface area contributed by atoms with Crippen molar-refractivity contribution in [2.45, 2.75) is 12.6 Å². The van der Waals surface area contributed by atoms with Crippen LogP contribution in [0, 0.1) is 0 Å². The first-order valence-corrected chi connectivity index (χ1v) is 6.14. The predicted molar refractivity (Wildman–Crippen MR) is 67.0 cm³/mol. The van der Waals surface area contributed by atoms with Gasteiger partial charge < -0.3 is 9.47 Å². The predicted octanol–water partition coefficient (Wildman–Crippen LogP) is 3.02. The zero-order chi connectivity index (χ0) is 11.3. The zero-order valence-corrected chi connectivity index (χ0v) is 11.0. The van der Waals surface area contributed by atoms with Gasteiger partial charge in [-0.05, 0) is 17.7 Å². The van der Waals surface area contributed by atoms with Crippen molar-refractivity contribution in [1.82, 2.24) is 0 Å². The Morgan fingerprint density at radius 2 is 1.93 bits per heavy atom. The topological polar surface area (TPSA) is 18.5 Å². The smallest absolute Gasteiger partial charge is 0.160 e. The fraction of sp³-hybridized carbons (Fsp3) is 0.455. The number of rotatable bonds is 5. The lowest BCUT2D eigenvalue weighted by molar-refractivity contribution is 0.351. The standard InChI is InChI=1S/C11H14FIO2/c1-14-10-4-3-8(5-9(12)7-13)6-11(10)15-2/h3-4,6,9H,5,7H2,1-2H3. The Morgan fingerprint density at radius 1 is 1.27 bits per heavy atom. The minimum Gasteiger partial charge on any atom is -0.493 e. The van der Waals surface area contributed by atoms with E-state index in [1.165, 1.54) is 0 Å². The molecule has 0 aliphatic heterocycles. The van der Waals surface area contributed by atoms with Gasteiger partial charge in [0.15, 0.2) is 11.5 Å². The Balaban J connectivity index is 2.83. The molecule has 84 valence electrons. The van der Waals surface area contributed by atoms with Gasteiger partial charge in [0.1, 0.15) is 6.17 Å². The molecule has 1 aromatic carbocycles. The third-order valence-corrected chi connectivity index (χ3v) is 3.03. The van der Waals surface area contributed by atoms with Crippen LogP contribution in [0.1, 0.15) is 5.56 Å². The molecule has 1 atom stereocenters. The van der Waals surface area contributed by atoms with Crippen molar-refractivity contribution in [2.24, 2.45) is 0 Å². The SMILES string of the molecule is COc1ccc(CC(F)CI)cc1OC. The van der Waals surface area contributed by atoms with E-state index in [-0.39, 0.29) is 0 Å². The first kappa shape index (κ1) is 12.5. The van der Waals surface area contributed by atoms with E-state index >= 15 is 0 Å². The lowest BCUT2D eigenvalue weighted by atomic mass is 10.1. The third kappa shape index (κ3) is 3.52. The lowest BCUT2D eigenvalue weighted by Gasteiger charge is -2.10. The highest BCUT2D eigenvalue weighted by Gasteiger charge is 2.09. The number of methoxy groups -OCH3 is 2. The van der Waals surface area contributed by atoms with Gasteiger partial charge in [-0.15, -0.1) is 0 Å². The molecule has 0 bridgehead atoms. The number of alkyl halides is 2. The van der Waals surface area contributed by atoms with Crippen LogP contribution in [0.5, 0.6) is 11.5 Å². The van der Waals surface area contributed by atoms with Crippen LogP contribution in [-0.2, 0) is 6.42 Å². The quantitative estimate of drug-likeness (QED) is 0.612. The van der Waals surface area contributed by atoms with Gasteiger partial charge in [0, 0.05) is 10.8 Å². The van der Waals surface area contributed by atoms with E-state index < -0.39 is 6.17 Å². The maximum Gasteiger partial charge on any atom is 0.160 e. The molecule has 0 spiro atoms. The van der Waals surface area contributed by atoms with Crippen LogP contribution < -0.4 is 9.47 Å². The zero-order valence-electron chi connectivity index (χ0n) is 8.80. The van der Waals surface area contributed by atoms with Gasteiger partial charge in [-0.3, -0.25) is 0 Å². The summed E-state index contributed by atoms with van der Waals surface area (Å²) >= 11 is 2.04. The number of benzene rings is 1. The average Bonchev–Trinajstić information content (AvgIpc) is 2.28. The van der Waals surface area contributed by atoms with Crippen molar-refractivity contribution < 1.29 is 13.9 Å². The molecular formula is C11H14FIO2. The van der Waals surface area contributed by atoms with E-state index in [1.54, 1.807) is 20.3 Å². The van der Waals surface area contributed by atoms with Crippen LogP contribution in [0.3, 0.4) is 0 Å². The lowest BCUT2D eigenvalue weighted by Crippen LogP contribution is -2.05. The van der Waals surface area contributed by atoms with Crippen molar-refractivity contribution in [2.75, 3.05) is 18.6 Å². The Morgan fingerprint density at radius 3 is 2.47 bits per heavy atom. The van der Waals surface area contributed by atoms with Crippen LogP contribution >= 0.6 is 22.6 Å². The maximum atomic E-state index is 13.2. The summed E-state index contributed by atoms with van der Waals surface area (Å²) in [5, 5.41) is 0. The molecule has 0 saturated carbocycles.